The summed E-state index contributed by atoms with van der Waals surface area (Å²) in [6, 6.07) is 1.46. The van der Waals surface area contributed by atoms with Crippen LogP contribution in [-0.2, 0) is 32.5 Å². The lowest BCUT2D eigenvalue weighted by Crippen LogP contribution is -2.38. The number of hydrogen-bond donors (Lipinski definition) is 3. The molecule has 5 rings (SSSR count). The van der Waals surface area contributed by atoms with Crippen LogP contribution in [0.1, 0.15) is 12.5 Å². The first kappa shape index (κ1) is 29.1. The third kappa shape index (κ3) is 5.42. The molecule has 2 aliphatic heterocycles. The average Bonchev–Trinajstić information content (AvgIpc) is 3.64. The number of aromatic nitrogens is 6. The van der Waals surface area contributed by atoms with E-state index in [1.807, 2.05) is 0 Å². The van der Waals surface area contributed by atoms with Gasteiger partial charge in [-0.1, -0.05) is 0 Å². The number of hydrogen-bond acceptors (Lipinski definition) is 15. The van der Waals surface area contributed by atoms with Gasteiger partial charge >= 0.3 is 5.69 Å². The summed E-state index contributed by atoms with van der Waals surface area (Å²) < 4.78 is 43.7. The molecule has 3 aromatic heterocycles. The molecule has 2 saturated heterocycles. The van der Waals surface area contributed by atoms with Gasteiger partial charge in [0.1, 0.15) is 54.3 Å². The van der Waals surface area contributed by atoms with Crippen molar-refractivity contribution in [3.05, 3.63) is 35.4 Å². The molecule has 0 aliphatic carbocycles. The molecule has 0 amide bonds. The van der Waals surface area contributed by atoms with E-state index in [1.54, 1.807) is 18.0 Å². The second kappa shape index (κ2) is 12.6. The van der Waals surface area contributed by atoms with Crippen LogP contribution in [0.3, 0.4) is 0 Å². The highest BCUT2D eigenvalue weighted by molar-refractivity contribution is 7.26. The standard InChI is InChI=1S/C21H30N8O9P2/c1-32-15-13(37-39)10(36-20(15)29-8-26-12-17(23)24-7-25-18(12)29)6-34-40-38-14-9(5-30)35-19(16(14)33-2)28-4-3-11(22)27-21(28)31/h3-4,7-10,13-16,19-20,30,40H,5-6,39H2,1-2H3,(H2,22,27,31)(H2,23,24,25). The Morgan fingerprint density at radius 3 is 2.48 bits per heavy atom. The Bertz CT molecular complexity index is 1370. The van der Waals surface area contributed by atoms with Crippen LogP contribution in [0.15, 0.2) is 29.7 Å². The first-order chi connectivity index (χ1) is 19.4. The topological polar surface area (TPSA) is 215 Å². The van der Waals surface area contributed by atoms with Crippen LogP contribution in [0.5, 0.6) is 0 Å². The molecule has 0 aromatic carbocycles. The van der Waals surface area contributed by atoms with Crippen molar-refractivity contribution in [2.24, 2.45) is 0 Å². The van der Waals surface area contributed by atoms with Gasteiger partial charge in [0.2, 0.25) is 0 Å². The van der Waals surface area contributed by atoms with E-state index in [4.69, 9.17) is 44.0 Å². The third-order valence-corrected chi connectivity index (χ3v) is 7.70. The molecule has 0 bridgehead atoms. The Hall–Kier alpha value is -2.43. The van der Waals surface area contributed by atoms with Crippen molar-refractivity contribution in [2.75, 3.05) is 38.9 Å². The van der Waals surface area contributed by atoms with Gasteiger partial charge < -0.3 is 49.1 Å². The lowest BCUT2D eigenvalue weighted by molar-refractivity contribution is -0.0624. The van der Waals surface area contributed by atoms with Crippen molar-refractivity contribution in [1.29, 1.82) is 0 Å². The van der Waals surface area contributed by atoms with Gasteiger partial charge in [0.25, 0.3) is 0 Å². The molecule has 3 aromatic rings. The Labute approximate surface area is 231 Å². The van der Waals surface area contributed by atoms with Crippen molar-refractivity contribution in [1.82, 2.24) is 29.1 Å². The molecule has 40 heavy (non-hydrogen) atoms. The number of methoxy groups -OCH3 is 2. The average molecular weight is 600 g/mol. The monoisotopic (exact) mass is 600 g/mol. The number of ether oxygens (including phenoxy) is 4. The van der Waals surface area contributed by atoms with Crippen LogP contribution in [0.25, 0.3) is 11.2 Å². The Morgan fingerprint density at radius 1 is 1.05 bits per heavy atom. The molecule has 0 saturated carbocycles. The molecular weight excluding hydrogens is 570 g/mol. The van der Waals surface area contributed by atoms with Crippen molar-refractivity contribution in [3.63, 3.8) is 0 Å². The molecule has 10 atom stereocenters. The maximum Gasteiger partial charge on any atom is 0.351 e. The first-order valence-electron chi connectivity index (χ1n) is 12.0. The summed E-state index contributed by atoms with van der Waals surface area (Å²) in [6.07, 6.45) is -1.07. The fraction of sp³-hybridized carbons (Fsp3) is 0.571. The molecular formula is C21H30N8O9P2. The number of nitrogens with zero attached hydrogens (tertiary/aromatic N) is 6. The normalized spacial score (nSPS) is 30.7. The highest BCUT2D eigenvalue weighted by atomic mass is 31.1. The number of nitrogen functional groups attached to an aromatic ring is 2. The number of aliphatic hydroxyl groups is 1. The van der Waals surface area contributed by atoms with Gasteiger partial charge in [-0.25, -0.2) is 19.7 Å². The summed E-state index contributed by atoms with van der Waals surface area (Å²) in [5.41, 5.74) is 11.8. The number of rotatable bonds is 11. The van der Waals surface area contributed by atoms with E-state index < -0.39 is 63.8 Å². The zero-order valence-corrected chi connectivity index (χ0v) is 23.6. The smallest absolute Gasteiger partial charge is 0.351 e. The molecule has 2 aliphatic rings. The quantitative estimate of drug-likeness (QED) is 0.180. The second-order valence-corrected chi connectivity index (χ2v) is 9.88. The summed E-state index contributed by atoms with van der Waals surface area (Å²) in [5, 5.41) is 9.89. The predicted octanol–water partition coefficient (Wildman–Crippen LogP) is -0.850. The zero-order valence-electron chi connectivity index (χ0n) is 21.5. The van der Waals surface area contributed by atoms with Crippen LogP contribution in [0, 0.1) is 0 Å². The lowest BCUT2D eigenvalue weighted by atomic mass is 10.1. The largest absolute Gasteiger partial charge is 0.394 e. The maximum absolute atomic E-state index is 12.4. The maximum atomic E-state index is 12.4. The van der Waals surface area contributed by atoms with Gasteiger partial charge in [-0.2, -0.15) is 4.98 Å². The Balaban J connectivity index is 1.24. The minimum atomic E-state index is -0.892. The molecule has 0 radical (unpaired) electrons. The van der Waals surface area contributed by atoms with E-state index in [9.17, 15) is 9.90 Å². The minimum absolute atomic E-state index is 0.0769. The zero-order chi connectivity index (χ0) is 28.4. The van der Waals surface area contributed by atoms with Crippen LogP contribution in [-0.4, -0.2) is 98.2 Å². The minimum Gasteiger partial charge on any atom is -0.394 e. The molecule has 0 spiro atoms. The van der Waals surface area contributed by atoms with Crippen LogP contribution in [0.4, 0.5) is 11.6 Å². The van der Waals surface area contributed by atoms with E-state index >= 15 is 0 Å². The highest BCUT2D eigenvalue weighted by Crippen LogP contribution is 2.39. The van der Waals surface area contributed by atoms with Crippen LogP contribution >= 0.6 is 18.5 Å². The summed E-state index contributed by atoms with van der Waals surface area (Å²) in [4.78, 5) is 28.6. The Kier molecular flexibility index (Phi) is 9.17. The van der Waals surface area contributed by atoms with Crippen molar-refractivity contribution in [3.8, 4) is 0 Å². The number of fused-ring (bicyclic) bond motifs is 1. The van der Waals surface area contributed by atoms with Crippen LogP contribution in [0.2, 0.25) is 0 Å². The van der Waals surface area contributed by atoms with E-state index in [-0.39, 0.29) is 24.8 Å². The van der Waals surface area contributed by atoms with E-state index in [2.05, 4.69) is 29.4 Å². The number of anilines is 2. The molecule has 2 fully saturated rings. The first-order valence-corrected chi connectivity index (χ1v) is 13.3. The van der Waals surface area contributed by atoms with Crippen LogP contribution < -0.4 is 17.2 Å². The second-order valence-electron chi connectivity index (χ2n) is 8.92. The van der Waals surface area contributed by atoms with Gasteiger partial charge in [0, 0.05) is 29.9 Å². The molecule has 10 unspecified atom stereocenters. The molecule has 17 nitrogen and oxygen atoms in total. The molecule has 5 heterocycles. The van der Waals surface area contributed by atoms with Gasteiger partial charge in [-0.05, 0) is 6.07 Å². The van der Waals surface area contributed by atoms with Gasteiger partial charge in [-0.3, -0.25) is 9.13 Å². The SMILES string of the molecule is COC1C(OPOCC2OC(n3cnc4c(N)ncnc43)C(OC)C2OP)C(CO)OC1n1ccc(N)nc1=O. The third-order valence-electron chi connectivity index (χ3n) is 6.73. The fourth-order valence-corrected chi connectivity index (χ4v) is 5.86. The number of nitrogens with two attached hydrogens (primary N) is 2. The van der Waals surface area contributed by atoms with Gasteiger partial charge in [0.15, 0.2) is 33.0 Å². The van der Waals surface area contributed by atoms with E-state index in [0.29, 0.717) is 11.2 Å². The lowest BCUT2D eigenvalue weighted by Gasteiger charge is -2.23. The van der Waals surface area contributed by atoms with E-state index in [1.165, 1.54) is 30.3 Å². The molecule has 19 heteroatoms. The predicted molar refractivity (Wildman–Crippen MR) is 143 cm³/mol. The highest BCUT2D eigenvalue weighted by Gasteiger charge is 2.49. The number of imidazole rings is 1. The fourth-order valence-electron chi connectivity index (χ4n) is 4.83. The molecule has 5 N–H and O–H groups in total. The summed E-state index contributed by atoms with van der Waals surface area (Å²) in [5.74, 6) is 0.326. The summed E-state index contributed by atoms with van der Waals surface area (Å²) >= 11 is 0. The Morgan fingerprint density at radius 2 is 1.77 bits per heavy atom. The van der Waals surface area contributed by atoms with Gasteiger partial charge in [-0.15, -0.1) is 0 Å². The van der Waals surface area contributed by atoms with E-state index in [0.717, 1.165) is 0 Å². The van der Waals surface area contributed by atoms with Crippen molar-refractivity contribution >= 4 is 41.3 Å². The van der Waals surface area contributed by atoms with Crippen molar-refractivity contribution in [2.45, 2.75) is 49.1 Å². The molecule has 218 valence electrons. The van der Waals surface area contributed by atoms with Crippen molar-refractivity contribution < 1.29 is 37.6 Å². The summed E-state index contributed by atoms with van der Waals surface area (Å²) in [6.45, 7) is -0.293. The van der Waals surface area contributed by atoms with Gasteiger partial charge in [0.05, 0.1) is 19.5 Å². The number of aliphatic hydroxyl groups excluding tert-OH is 1. The summed E-state index contributed by atoms with van der Waals surface area (Å²) in [7, 11) is 4.74.